The highest BCUT2D eigenvalue weighted by Crippen LogP contribution is 2.11. The zero-order valence-corrected chi connectivity index (χ0v) is 8.89. The molecule has 2 rings (SSSR count). The van der Waals surface area contributed by atoms with Crippen LogP contribution in [-0.2, 0) is 6.54 Å². The fourth-order valence-corrected chi connectivity index (χ4v) is 1.94. The van der Waals surface area contributed by atoms with Crippen LogP contribution < -0.4 is 5.84 Å². The van der Waals surface area contributed by atoms with Gasteiger partial charge in [-0.2, -0.15) is 5.10 Å². The quantitative estimate of drug-likeness (QED) is 0.586. The van der Waals surface area contributed by atoms with Crippen molar-refractivity contribution >= 4 is 5.71 Å². The highest BCUT2D eigenvalue weighted by Gasteiger charge is 2.14. The van der Waals surface area contributed by atoms with Crippen molar-refractivity contribution in [2.75, 3.05) is 13.1 Å². The van der Waals surface area contributed by atoms with Crippen LogP contribution in [0.3, 0.4) is 0 Å². The van der Waals surface area contributed by atoms with E-state index in [-0.39, 0.29) is 0 Å². The summed E-state index contributed by atoms with van der Waals surface area (Å²) in [6.07, 6.45) is 2.03. The van der Waals surface area contributed by atoms with Crippen molar-refractivity contribution in [3.05, 3.63) is 35.9 Å². The predicted molar refractivity (Wildman–Crippen MR) is 62.6 cm³/mol. The van der Waals surface area contributed by atoms with E-state index in [2.05, 4.69) is 40.3 Å². The average Bonchev–Trinajstić information content (AvgIpc) is 2.31. The number of hydrogen-bond donors (Lipinski definition) is 1. The molecule has 0 aliphatic carbocycles. The molecule has 0 aromatic heterocycles. The van der Waals surface area contributed by atoms with Crippen molar-refractivity contribution in [2.45, 2.75) is 19.4 Å². The summed E-state index contributed by atoms with van der Waals surface area (Å²) in [7, 11) is 0. The molecule has 2 N–H and O–H groups in total. The molecule has 0 radical (unpaired) electrons. The standard InChI is InChI=1S/C12H17N3/c13-14-12-6-8-15(9-7-12)10-11-4-2-1-3-5-11/h1-5H,6-10,13H2. The minimum Gasteiger partial charge on any atom is -0.323 e. The van der Waals surface area contributed by atoms with Gasteiger partial charge in [0.1, 0.15) is 0 Å². The van der Waals surface area contributed by atoms with Gasteiger partial charge in [-0.3, -0.25) is 4.90 Å². The van der Waals surface area contributed by atoms with E-state index in [0.29, 0.717) is 0 Å². The van der Waals surface area contributed by atoms with E-state index in [1.165, 1.54) is 5.56 Å². The Bertz CT molecular complexity index is 322. The molecule has 1 aromatic carbocycles. The number of piperidine rings is 1. The van der Waals surface area contributed by atoms with E-state index in [4.69, 9.17) is 5.84 Å². The van der Waals surface area contributed by atoms with E-state index in [1.807, 2.05) is 0 Å². The van der Waals surface area contributed by atoms with Crippen molar-refractivity contribution in [3.8, 4) is 0 Å². The highest BCUT2D eigenvalue weighted by molar-refractivity contribution is 5.85. The first kappa shape index (κ1) is 10.2. The van der Waals surface area contributed by atoms with Crippen LogP contribution in [-0.4, -0.2) is 23.7 Å². The molecule has 3 nitrogen and oxygen atoms in total. The van der Waals surface area contributed by atoms with Crippen molar-refractivity contribution in [3.63, 3.8) is 0 Å². The van der Waals surface area contributed by atoms with Crippen LogP contribution in [0.5, 0.6) is 0 Å². The molecule has 3 heteroatoms. The molecule has 0 saturated carbocycles. The number of hydrogen-bond acceptors (Lipinski definition) is 3. The van der Waals surface area contributed by atoms with E-state index >= 15 is 0 Å². The molecule has 0 unspecified atom stereocenters. The molecule has 1 fully saturated rings. The maximum absolute atomic E-state index is 5.27. The van der Waals surface area contributed by atoms with Crippen LogP contribution in [0.1, 0.15) is 18.4 Å². The van der Waals surface area contributed by atoms with Gasteiger partial charge in [-0.05, 0) is 5.56 Å². The van der Waals surface area contributed by atoms with Crippen LogP contribution in [0.4, 0.5) is 0 Å². The van der Waals surface area contributed by atoms with Gasteiger partial charge in [0, 0.05) is 38.2 Å². The Morgan fingerprint density at radius 1 is 1.13 bits per heavy atom. The number of nitrogens with two attached hydrogens (primary N) is 1. The Morgan fingerprint density at radius 2 is 1.80 bits per heavy atom. The molecule has 0 spiro atoms. The van der Waals surface area contributed by atoms with Crippen LogP contribution in [0, 0.1) is 0 Å². The van der Waals surface area contributed by atoms with E-state index in [1.54, 1.807) is 0 Å². The van der Waals surface area contributed by atoms with Crippen LogP contribution in [0.25, 0.3) is 0 Å². The average molecular weight is 203 g/mol. The highest BCUT2D eigenvalue weighted by atomic mass is 15.2. The number of rotatable bonds is 2. The Labute approximate surface area is 90.6 Å². The summed E-state index contributed by atoms with van der Waals surface area (Å²) in [6, 6.07) is 10.6. The largest absolute Gasteiger partial charge is 0.323 e. The Hall–Kier alpha value is -1.35. The molecule has 1 saturated heterocycles. The van der Waals surface area contributed by atoms with Crippen LogP contribution in [0.2, 0.25) is 0 Å². The fourth-order valence-electron chi connectivity index (χ4n) is 1.94. The molecular weight excluding hydrogens is 186 g/mol. The Balaban J connectivity index is 1.87. The third-order valence-electron chi connectivity index (χ3n) is 2.86. The normalized spacial score (nSPS) is 17.7. The summed E-state index contributed by atoms with van der Waals surface area (Å²) in [4.78, 5) is 2.45. The lowest BCUT2D eigenvalue weighted by atomic mass is 10.1. The van der Waals surface area contributed by atoms with Crippen molar-refractivity contribution in [2.24, 2.45) is 10.9 Å². The maximum Gasteiger partial charge on any atom is 0.0401 e. The monoisotopic (exact) mass is 203 g/mol. The van der Waals surface area contributed by atoms with Gasteiger partial charge < -0.3 is 5.84 Å². The van der Waals surface area contributed by atoms with Crippen molar-refractivity contribution in [1.29, 1.82) is 0 Å². The van der Waals surface area contributed by atoms with Gasteiger partial charge in [-0.25, -0.2) is 0 Å². The van der Waals surface area contributed by atoms with Crippen molar-refractivity contribution < 1.29 is 0 Å². The molecule has 1 heterocycles. The third kappa shape index (κ3) is 2.80. The summed E-state index contributed by atoms with van der Waals surface area (Å²) < 4.78 is 0. The molecule has 80 valence electrons. The molecule has 0 atom stereocenters. The lowest BCUT2D eigenvalue weighted by Crippen LogP contribution is -2.33. The SMILES string of the molecule is NN=C1CCN(Cc2ccccc2)CC1. The van der Waals surface area contributed by atoms with Gasteiger partial charge in [-0.15, -0.1) is 0 Å². The Morgan fingerprint density at radius 3 is 2.40 bits per heavy atom. The zero-order chi connectivity index (χ0) is 10.5. The minimum absolute atomic E-state index is 1.02. The van der Waals surface area contributed by atoms with Crippen molar-refractivity contribution in [1.82, 2.24) is 4.90 Å². The first-order valence-electron chi connectivity index (χ1n) is 5.40. The number of benzene rings is 1. The summed E-state index contributed by atoms with van der Waals surface area (Å²) in [5, 5.41) is 3.78. The molecule has 0 bridgehead atoms. The first-order valence-corrected chi connectivity index (χ1v) is 5.40. The molecule has 1 aromatic rings. The second kappa shape index (κ2) is 4.94. The minimum atomic E-state index is 1.02. The lowest BCUT2D eigenvalue weighted by molar-refractivity contribution is 0.266. The summed E-state index contributed by atoms with van der Waals surface area (Å²) >= 11 is 0. The summed E-state index contributed by atoms with van der Waals surface area (Å²) in [5.74, 6) is 5.27. The molecule has 1 aliphatic heterocycles. The summed E-state index contributed by atoms with van der Waals surface area (Å²) in [6.45, 7) is 3.19. The Kier molecular flexibility index (Phi) is 3.35. The smallest absolute Gasteiger partial charge is 0.0401 e. The van der Waals surface area contributed by atoms with Gasteiger partial charge >= 0.3 is 0 Å². The fraction of sp³-hybridized carbons (Fsp3) is 0.417. The maximum atomic E-state index is 5.27. The van der Waals surface area contributed by atoms with Gasteiger partial charge in [0.05, 0.1) is 0 Å². The van der Waals surface area contributed by atoms with E-state index < -0.39 is 0 Å². The second-order valence-corrected chi connectivity index (χ2v) is 3.96. The second-order valence-electron chi connectivity index (χ2n) is 3.96. The number of hydrazone groups is 1. The van der Waals surface area contributed by atoms with Crippen LogP contribution >= 0.6 is 0 Å². The summed E-state index contributed by atoms with van der Waals surface area (Å²) in [5.41, 5.74) is 2.53. The van der Waals surface area contributed by atoms with Gasteiger partial charge in [0.2, 0.25) is 0 Å². The number of likely N-dealkylation sites (tertiary alicyclic amines) is 1. The van der Waals surface area contributed by atoms with E-state index in [0.717, 1.165) is 38.2 Å². The number of nitrogens with zero attached hydrogens (tertiary/aromatic N) is 2. The van der Waals surface area contributed by atoms with Gasteiger partial charge in [0.25, 0.3) is 0 Å². The topological polar surface area (TPSA) is 41.6 Å². The molecule has 15 heavy (non-hydrogen) atoms. The molecular formula is C12H17N3. The zero-order valence-electron chi connectivity index (χ0n) is 8.89. The van der Waals surface area contributed by atoms with Gasteiger partial charge in [-0.1, -0.05) is 30.3 Å². The molecule has 1 aliphatic rings. The molecule has 0 amide bonds. The van der Waals surface area contributed by atoms with Gasteiger partial charge in [0.15, 0.2) is 0 Å². The third-order valence-corrected chi connectivity index (χ3v) is 2.86. The van der Waals surface area contributed by atoms with Crippen LogP contribution in [0.15, 0.2) is 35.4 Å². The predicted octanol–water partition coefficient (Wildman–Crippen LogP) is 1.60. The van der Waals surface area contributed by atoms with E-state index in [9.17, 15) is 0 Å². The lowest BCUT2D eigenvalue weighted by Gasteiger charge is -2.27. The first-order chi connectivity index (χ1) is 7.38.